The third kappa shape index (κ3) is 9.07. The van der Waals surface area contributed by atoms with Gasteiger partial charge in [-0.2, -0.15) is 0 Å². The van der Waals surface area contributed by atoms with Crippen LogP contribution >= 0.6 is 0 Å². The molecule has 28 heavy (non-hydrogen) atoms. The summed E-state index contributed by atoms with van der Waals surface area (Å²) in [5, 5.41) is 5.82. The number of hydrogen-bond acceptors (Lipinski definition) is 3. The van der Waals surface area contributed by atoms with Crippen LogP contribution in [-0.2, 0) is 14.4 Å². The molecule has 2 rings (SSSR count). The van der Waals surface area contributed by atoms with Crippen molar-refractivity contribution in [2.75, 3.05) is 26.2 Å². The van der Waals surface area contributed by atoms with Crippen molar-refractivity contribution in [2.45, 2.75) is 84.0 Å². The number of rotatable bonds is 10. The molecule has 2 N–H and O–H groups in total. The Morgan fingerprint density at radius 1 is 0.714 bits per heavy atom. The standard InChI is InChI=1S/C22H39N3O3/c1-18(26)25(16-21(27)23-14-12-19-8-4-2-5-9-19)17-22(28)24-15-13-20-10-6-3-7-11-20/h19-20H,2-17H2,1H3,(H,23,27)(H,24,28). The maximum absolute atomic E-state index is 12.2. The van der Waals surface area contributed by atoms with Gasteiger partial charge in [-0.25, -0.2) is 0 Å². The molecule has 2 fully saturated rings. The van der Waals surface area contributed by atoms with Crippen molar-refractivity contribution in [3.63, 3.8) is 0 Å². The first kappa shape index (κ1) is 22.7. The number of carbonyl (C=O) groups is 3. The van der Waals surface area contributed by atoms with Crippen LogP contribution in [-0.4, -0.2) is 48.8 Å². The van der Waals surface area contributed by atoms with E-state index in [1.807, 2.05) is 0 Å². The van der Waals surface area contributed by atoms with Crippen LogP contribution in [0.2, 0.25) is 0 Å². The van der Waals surface area contributed by atoms with Crippen molar-refractivity contribution in [1.82, 2.24) is 15.5 Å². The highest BCUT2D eigenvalue weighted by atomic mass is 16.2. The van der Waals surface area contributed by atoms with E-state index in [1.165, 1.54) is 76.0 Å². The highest BCUT2D eigenvalue weighted by molar-refractivity contribution is 5.88. The van der Waals surface area contributed by atoms with Crippen LogP contribution in [0.4, 0.5) is 0 Å². The Balaban J connectivity index is 1.61. The van der Waals surface area contributed by atoms with Crippen molar-refractivity contribution >= 4 is 17.7 Å². The van der Waals surface area contributed by atoms with Gasteiger partial charge in [0.25, 0.3) is 0 Å². The van der Waals surface area contributed by atoms with Crippen LogP contribution in [0.5, 0.6) is 0 Å². The molecule has 0 aliphatic heterocycles. The summed E-state index contributed by atoms with van der Waals surface area (Å²) < 4.78 is 0. The van der Waals surface area contributed by atoms with Crippen LogP contribution < -0.4 is 10.6 Å². The van der Waals surface area contributed by atoms with Crippen LogP contribution in [0.25, 0.3) is 0 Å². The zero-order chi connectivity index (χ0) is 20.2. The van der Waals surface area contributed by atoms with E-state index in [0.29, 0.717) is 24.9 Å². The van der Waals surface area contributed by atoms with Gasteiger partial charge in [-0.1, -0.05) is 64.2 Å². The summed E-state index contributed by atoms with van der Waals surface area (Å²) in [6, 6.07) is 0. The zero-order valence-electron chi connectivity index (χ0n) is 17.6. The van der Waals surface area contributed by atoms with Crippen LogP contribution in [0, 0.1) is 11.8 Å². The summed E-state index contributed by atoms with van der Waals surface area (Å²) in [7, 11) is 0. The molecule has 2 aliphatic carbocycles. The van der Waals surface area contributed by atoms with Crippen molar-refractivity contribution in [3.8, 4) is 0 Å². The Morgan fingerprint density at radius 3 is 1.46 bits per heavy atom. The van der Waals surface area contributed by atoms with Gasteiger partial charge < -0.3 is 15.5 Å². The Bertz CT molecular complexity index is 459. The van der Waals surface area contributed by atoms with Crippen molar-refractivity contribution in [1.29, 1.82) is 0 Å². The van der Waals surface area contributed by atoms with E-state index in [9.17, 15) is 14.4 Å². The van der Waals surface area contributed by atoms with Crippen molar-refractivity contribution < 1.29 is 14.4 Å². The molecule has 0 unspecified atom stereocenters. The predicted molar refractivity (Wildman–Crippen MR) is 111 cm³/mol. The lowest BCUT2D eigenvalue weighted by Gasteiger charge is -2.23. The van der Waals surface area contributed by atoms with Crippen molar-refractivity contribution in [3.05, 3.63) is 0 Å². The van der Waals surface area contributed by atoms with E-state index < -0.39 is 0 Å². The van der Waals surface area contributed by atoms with E-state index in [4.69, 9.17) is 0 Å². The molecule has 0 saturated heterocycles. The molecule has 160 valence electrons. The number of nitrogens with one attached hydrogen (secondary N) is 2. The first-order valence-electron chi connectivity index (χ1n) is 11.3. The highest BCUT2D eigenvalue weighted by Crippen LogP contribution is 2.26. The molecule has 6 nitrogen and oxygen atoms in total. The van der Waals surface area contributed by atoms with Gasteiger partial charge in [0.1, 0.15) is 13.1 Å². The molecule has 0 bridgehead atoms. The smallest absolute Gasteiger partial charge is 0.239 e. The summed E-state index contributed by atoms with van der Waals surface area (Å²) >= 11 is 0. The third-order valence-corrected chi connectivity index (χ3v) is 6.31. The van der Waals surface area contributed by atoms with E-state index in [2.05, 4.69) is 10.6 Å². The number of nitrogens with zero attached hydrogens (tertiary/aromatic N) is 1. The quantitative estimate of drug-likeness (QED) is 0.599. The lowest BCUT2D eigenvalue weighted by molar-refractivity contribution is -0.137. The molecule has 0 heterocycles. The Morgan fingerprint density at radius 2 is 1.11 bits per heavy atom. The number of carbonyl (C=O) groups excluding carboxylic acids is 3. The van der Waals surface area contributed by atoms with Gasteiger partial charge in [-0.3, -0.25) is 14.4 Å². The minimum atomic E-state index is -0.245. The molecule has 0 aromatic rings. The Labute approximate surface area is 170 Å². The molecule has 6 heteroatoms. The molecule has 0 atom stereocenters. The molecule has 0 aromatic carbocycles. The van der Waals surface area contributed by atoms with Gasteiger partial charge in [-0.15, -0.1) is 0 Å². The van der Waals surface area contributed by atoms with Gasteiger partial charge >= 0.3 is 0 Å². The molecule has 2 aliphatic rings. The van der Waals surface area contributed by atoms with Gasteiger partial charge in [-0.05, 0) is 24.7 Å². The van der Waals surface area contributed by atoms with E-state index in [0.717, 1.165) is 12.8 Å². The van der Waals surface area contributed by atoms with Gasteiger partial charge in [0.15, 0.2) is 0 Å². The molecule has 0 aromatic heterocycles. The largest absolute Gasteiger partial charge is 0.355 e. The summed E-state index contributed by atoms with van der Waals surface area (Å²) in [5.74, 6) is 0.827. The van der Waals surface area contributed by atoms with Crippen LogP contribution in [0.3, 0.4) is 0 Å². The number of amides is 3. The fraction of sp³-hybridized carbons (Fsp3) is 0.864. The molecule has 2 saturated carbocycles. The summed E-state index contributed by atoms with van der Waals surface area (Å²) in [6.07, 6.45) is 14.9. The fourth-order valence-corrected chi connectivity index (χ4v) is 4.52. The third-order valence-electron chi connectivity index (χ3n) is 6.31. The highest BCUT2D eigenvalue weighted by Gasteiger charge is 2.19. The second-order valence-corrected chi connectivity index (χ2v) is 8.66. The van der Waals surface area contributed by atoms with Gasteiger partial charge in [0, 0.05) is 20.0 Å². The fourth-order valence-electron chi connectivity index (χ4n) is 4.52. The lowest BCUT2D eigenvalue weighted by atomic mass is 9.87. The zero-order valence-corrected chi connectivity index (χ0v) is 17.6. The van der Waals surface area contributed by atoms with Crippen molar-refractivity contribution in [2.24, 2.45) is 11.8 Å². The van der Waals surface area contributed by atoms with E-state index >= 15 is 0 Å². The summed E-state index contributed by atoms with van der Waals surface area (Å²) in [4.78, 5) is 37.5. The second-order valence-electron chi connectivity index (χ2n) is 8.66. The predicted octanol–water partition coefficient (Wildman–Crippen LogP) is 3.01. The SMILES string of the molecule is CC(=O)N(CC(=O)NCCC1CCCCC1)CC(=O)NCCC1CCCCC1. The summed E-state index contributed by atoms with van der Waals surface area (Å²) in [5.41, 5.74) is 0. The number of hydrogen-bond donors (Lipinski definition) is 2. The molecule has 3 amide bonds. The summed E-state index contributed by atoms with van der Waals surface area (Å²) in [6.45, 7) is 2.63. The maximum atomic E-state index is 12.2. The molecular weight excluding hydrogens is 354 g/mol. The normalized spacial score (nSPS) is 18.5. The van der Waals surface area contributed by atoms with E-state index in [-0.39, 0.29) is 30.8 Å². The first-order valence-corrected chi connectivity index (χ1v) is 11.3. The average molecular weight is 394 g/mol. The van der Waals surface area contributed by atoms with Crippen LogP contribution in [0.1, 0.15) is 84.0 Å². The Hall–Kier alpha value is -1.59. The average Bonchev–Trinajstić information content (AvgIpc) is 2.69. The minimum Gasteiger partial charge on any atom is -0.355 e. The first-order chi connectivity index (χ1) is 13.5. The van der Waals surface area contributed by atoms with Crippen LogP contribution in [0.15, 0.2) is 0 Å². The molecular formula is C22H39N3O3. The monoisotopic (exact) mass is 393 g/mol. The topological polar surface area (TPSA) is 78.5 Å². The van der Waals surface area contributed by atoms with Gasteiger partial charge in [0.2, 0.25) is 17.7 Å². The minimum absolute atomic E-state index is 0.0456. The van der Waals surface area contributed by atoms with E-state index in [1.54, 1.807) is 0 Å². The second kappa shape index (κ2) is 12.8. The molecule has 0 spiro atoms. The van der Waals surface area contributed by atoms with Gasteiger partial charge in [0.05, 0.1) is 0 Å². The maximum Gasteiger partial charge on any atom is 0.239 e. The lowest BCUT2D eigenvalue weighted by Crippen LogP contribution is -2.45. The molecule has 0 radical (unpaired) electrons. The Kier molecular flexibility index (Phi) is 10.4.